The summed E-state index contributed by atoms with van der Waals surface area (Å²) in [7, 11) is 0. The molecule has 116 valence electrons. The zero-order valence-electron chi connectivity index (χ0n) is 12.4. The highest BCUT2D eigenvalue weighted by molar-refractivity contribution is 9.10. The molecule has 0 saturated carbocycles. The van der Waals surface area contributed by atoms with E-state index in [1.54, 1.807) is 6.07 Å². The summed E-state index contributed by atoms with van der Waals surface area (Å²) < 4.78 is 14.7. The first-order valence-corrected chi connectivity index (χ1v) is 8.22. The van der Waals surface area contributed by atoms with Crippen molar-refractivity contribution in [2.24, 2.45) is 5.73 Å². The van der Waals surface area contributed by atoms with E-state index in [-0.39, 0.29) is 11.4 Å². The largest absolute Gasteiger partial charge is 0.392 e. The van der Waals surface area contributed by atoms with E-state index in [1.807, 2.05) is 6.07 Å². The molecule has 1 aromatic carbocycles. The van der Waals surface area contributed by atoms with Gasteiger partial charge in [-0.15, -0.1) is 0 Å². The average Bonchev–Trinajstić information content (AvgIpc) is 2.43. The minimum atomic E-state index is -0.261. The minimum absolute atomic E-state index is 0.149. The molecular weight excluding hydrogens is 353 g/mol. The molecule has 0 spiro atoms. The van der Waals surface area contributed by atoms with Gasteiger partial charge in [0.1, 0.15) is 5.82 Å². The van der Waals surface area contributed by atoms with Crippen LogP contribution in [0.1, 0.15) is 19.4 Å². The van der Waals surface area contributed by atoms with Gasteiger partial charge in [0.15, 0.2) is 0 Å². The lowest BCUT2D eigenvalue weighted by Gasteiger charge is -2.43. The summed E-state index contributed by atoms with van der Waals surface area (Å²) in [6.07, 6.45) is 0. The average molecular weight is 374 g/mol. The summed E-state index contributed by atoms with van der Waals surface area (Å²) in [5, 5.41) is 0. The molecule has 0 amide bonds. The Bertz CT molecular complexity index is 528. The van der Waals surface area contributed by atoms with Gasteiger partial charge in [-0.3, -0.25) is 9.80 Å². The predicted molar refractivity (Wildman–Crippen MR) is 91.8 cm³/mol. The normalized spacial score (nSPS) is 17.9. The predicted octanol–water partition coefficient (Wildman–Crippen LogP) is 2.77. The Kier molecular flexibility index (Phi) is 5.35. The molecule has 0 bridgehead atoms. The van der Waals surface area contributed by atoms with Crippen LogP contribution in [-0.2, 0) is 6.54 Å². The highest BCUT2D eigenvalue weighted by atomic mass is 79.9. The number of halogens is 2. The number of hydrogen-bond donors (Lipinski definition) is 1. The van der Waals surface area contributed by atoms with Gasteiger partial charge in [-0.25, -0.2) is 4.39 Å². The van der Waals surface area contributed by atoms with Gasteiger partial charge in [0.25, 0.3) is 0 Å². The molecule has 1 aliphatic heterocycles. The Labute approximate surface area is 139 Å². The van der Waals surface area contributed by atoms with Crippen LogP contribution in [0, 0.1) is 5.82 Å². The van der Waals surface area contributed by atoms with Crippen LogP contribution in [-0.4, -0.2) is 46.5 Å². The van der Waals surface area contributed by atoms with E-state index in [4.69, 9.17) is 18.0 Å². The molecule has 2 rings (SSSR count). The molecule has 1 aromatic rings. The first-order valence-electron chi connectivity index (χ1n) is 7.02. The van der Waals surface area contributed by atoms with Gasteiger partial charge >= 0.3 is 0 Å². The Morgan fingerprint density at radius 2 is 1.95 bits per heavy atom. The Morgan fingerprint density at radius 1 is 1.33 bits per heavy atom. The number of nitrogens with zero attached hydrogens (tertiary/aromatic N) is 2. The van der Waals surface area contributed by atoms with Crippen LogP contribution >= 0.6 is 28.1 Å². The molecule has 1 heterocycles. The molecule has 6 heteroatoms. The van der Waals surface area contributed by atoms with Gasteiger partial charge in [0.2, 0.25) is 0 Å². The molecule has 21 heavy (non-hydrogen) atoms. The van der Waals surface area contributed by atoms with Crippen molar-refractivity contribution >= 4 is 33.1 Å². The first kappa shape index (κ1) is 16.8. The number of piperazine rings is 1. The molecule has 0 atom stereocenters. The summed E-state index contributed by atoms with van der Waals surface area (Å²) in [4.78, 5) is 5.08. The lowest BCUT2D eigenvalue weighted by atomic mass is 10.0. The zero-order chi connectivity index (χ0) is 15.6. The molecule has 1 saturated heterocycles. The lowest BCUT2D eigenvalue weighted by Crippen LogP contribution is -2.59. The Morgan fingerprint density at radius 3 is 2.52 bits per heavy atom. The summed E-state index contributed by atoms with van der Waals surface area (Å²) in [6, 6.07) is 5.08. The monoisotopic (exact) mass is 373 g/mol. The minimum Gasteiger partial charge on any atom is -0.392 e. The molecule has 0 radical (unpaired) electrons. The topological polar surface area (TPSA) is 32.5 Å². The van der Waals surface area contributed by atoms with Crippen molar-refractivity contribution in [1.29, 1.82) is 0 Å². The molecule has 0 aliphatic carbocycles. The maximum absolute atomic E-state index is 13.8. The molecular formula is C15H21BrFN3S. The second-order valence-corrected chi connectivity index (χ2v) is 7.28. The number of thiocarbonyl (C=S) groups is 1. The van der Waals surface area contributed by atoms with E-state index < -0.39 is 0 Å². The van der Waals surface area contributed by atoms with E-state index >= 15 is 0 Å². The summed E-state index contributed by atoms with van der Waals surface area (Å²) in [5.74, 6) is -0.149. The molecule has 3 nitrogen and oxygen atoms in total. The van der Waals surface area contributed by atoms with Crippen molar-refractivity contribution < 1.29 is 4.39 Å². The van der Waals surface area contributed by atoms with Gasteiger partial charge in [0, 0.05) is 42.8 Å². The van der Waals surface area contributed by atoms with Crippen LogP contribution in [0.5, 0.6) is 0 Å². The van der Waals surface area contributed by atoms with Gasteiger partial charge in [0.05, 0.1) is 10.5 Å². The van der Waals surface area contributed by atoms with Gasteiger partial charge in [-0.1, -0.05) is 28.1 Å². The van der Waals surface area contributed by atoms with Gasteiger partial charge in [-0.05, 0) is 32.0 Å². The standard InChI is InChI=1S/C15H21BrFN3S/c1-15(2,14(18)21)20-7-5-19(6-8-20)10-11-9-12(16)3-4-13(11)17/h3-4,9H,5-8,10H2,1-2H3,(H2,18,21). The molecule has 0 unspecified atom stereocenters. The molecule has 2 N–H and O–H groups in total. The smallest absolute Gasteiger partial charge is 0.127 e. The van der Waals surface area contributed by atoms with E-state index in [0.29, 0.717) is 11.5 Å². The van der Waals surface area contributed by atoms with E-state index in [9.17, 15) is 4.39 Å². The maximum Gasteiger partial charge on any atom is 0.127 e. The van der Waals surface area contributed by atoms with Crippen molar-refractivity contribution in [1.82, 2.24) is 9.80 Å². The summed E-state index contributed by atoms with van der Waals surface area (Å²) in [6.45, 7) is 8.29. The van der Waals surface area contributed by atoms with Crippen LogP contribution in [0.15, 0.2) is 22.7 Å². The van der Waals surface area contributed by atoms with Crippen LogP contribution in [0.25, 0.3) is 0 Å². The number of benzene rings is 1. The third-order valence-corrected chi connectivity index (χ3v) is 5.16. The van der Waals surface area contributed by atoms with Crippen molar-refractivity contribution in [2.45, 2.75) is 25.9 Å². The van der Waals surface area contributed by atoms with Crippen molar-refractivity contribution in [3.8, 4) is 0 Å². The summed E-state index contributed by atoms with van der Waals surface area (Å²) >= 11 is 8.54. The summed E-state index contributed by atoms with van der Waals surface area (Å²) in [5.41, 5.74) is 6.28. The number of rotatable bonds is 4. The number of nitrogens with two attached hydrogens (primary N) is 1. The number of hydrogen-bond acceptors (Lipinski definition) is 3. The van der Waals surface area contributed by atoms with E-state index in [2.05, 4.69) is 39.6 Å². The van der Waals surface area contributed by atoms with E-state index in [1.165, 1.54) is 6.07 Å². The second-order valence-electron chi connectivity index (χ2n) is 5.92. The highest BCUT2D eigenvalue weighted by Crippen LogP contribution is 2.21. The fraction of sp³-hybridized carbons (Fsp3) is 0.533. The Hall–Kier alpha value is -0.560. The fourth-order valence-electron chi connectivity index (χ4n) is 2.53. The van der Waals surface area contributed by atoms with Crippen molar-refractivity contribution in [3.05, 3.63) is 34.1 Å². The zero-order valence-corrected chi connectivity index (χ0v) is 14.8. The SMILES string of the molecule is CC(C)(C(N)=S)N1CCN(Cc2cc(Br)ccc2F)CC1. The highest BCUT2D eigenvalue weighted by Gasteiger charge is 2.32. The first-order chi connectivity index (χ1) is 9.80. The van der Waals surface area contributed by atoms with E-state index in [0.717, 1.165) is 36.2 Å². The third kappa shape index (κ3) is 4.00. The second kappa shape index (κ2) is 6.69. The van der Waals surface area contributed by atoms with Crippen LogP contribution in [0.3, 0.4) is 0 Å². The lowest BCUT2D eigenvalue weighted by molar-refractivity contribution is 0.0815. The van der Waals surface area contributed by atoms with Crippen LogP contribution < -0.4 is 5.73 Å². The third-order valence-electron chi connectivity index (χ3n) is 4.17. The fourth-order valence-corrected chi connectivity index (χ4v) is 3.06. The van der Waals surface area contributed by atoms with Gasteiger partial charge < -0.3 is 5.73 Å². The molecule has 1 aliphatic rings. The van der Waals surface area contributed by atoms with Crippen molar-refractivity contribution in [2.75, 3.05) is 26.2 Å². The van der Waals surface area contributed by atoms with Crippen molar-refractivity contribution in [3.63, 3.8) is 0 Å². The Balaban J connectivity index is 1.96. The quantitative estimate of drug-likeness (QED) is 0.822. The van der Waals surface area contributed by atoms with Crippen LogP contribution in [0.2, 0.25) is 0 Å². The molecule has 1 fully saturated rings. The van der Waals surface area contributed by atoms with Gasteiger partial charge in [-0.2, -0.15) is 0 Å². The van der Waals surface area contributed by atoms with Crippen LogP contribution in [0.4, 0.5) is 4.39 Å². The molecule has 0 aromatic heterocycles. The maximum atomic E-state index is 13.8.